The van der Waals surface area contributed by atoms with Gasteiger partial charge in [0.1, 0.15) is 5.82 Å². The Labute approximate surface area is 161 Å². The lowest BCUT2D eigenvalue weighted by Gasteiger charge is -2.33. The predicted molar refractivity (Wildman–Crippen MR) is 104 cm³/mol. The van der Waals surface area contributed by atoms with Gasteiger partial charge in [0.2, 0.25) is 0 Å². The SMILES string of the molecule is Cc1ccc(C(=O)NC2CNCCC2c2ccc(F)cc2)c(Br)c1.Cl. The zero-order chi connectivity index (χ0) is 17.1. The molecule has 0 saturated carbocycles. The Kier molecular flexibility index (Phi) is 6.99. The minimum atomic E-state index is -0.239. The maximum atomic E-state index is 13.2. The van der Waals surface area contributed by atoms with Crippen LogP contribution < -0.4 is 10.6 Å². The molecule has 0 bridgehead atoms. The molecule has 1 heterocycles. The number of benzene rings is 2. The summed E-state index contributed by atoms with van der Waals surface area (Å²) in [7, 11) is 0. The number of amides is 1. The van der Waals surface area contributed by atoms with E-state index in [1.165, 1.54) is 12.1 Å². The first-order valence-corrected chi connectivity index (χ1v) is 8.87. The van der Waals surface area contributed by atoms with Crippen molar-refractivity contribution < 1.29 is 9.18 Å². The summed E-state index contributed by atoms with van der Waals surface area (Å²) in [5, 5.41) is 6.46. The summed E-state index contributed by atoms with van der Waals surface area (Å²) >= 11 is 3.46. The second-order valence-electron chi connectivity index (χ2n) is 6.21. The van der Waals surface area contributed by atoms with Gasteiger partial charge in [-0.05, 0) is 71.2 Å². The highest BCUT2D eigenvalue weighted by atomic mass is 79.9. The van der Waals surface area contributed by atoms with E-state index in [9.17, 15) is 9.18 Å². The molecule has 0 spiro atoms. The van der Waals surface area contributed by atoms with Gasteiger partial charge >= 0.3 is 0 Å². The van der Waals surface area contributed by atoms with Crippen molar-refractivity contribution in [3.05, 3.63) is 69.4 Å². The predicted octanol–water partition coefficient (Wildman–Crippen LogP) is 4.19. The fraction of sp³-hybridized carbons (Fsp3) is 0.316. The second-order valence-corrected chi connectivity index (χ2v) is 7.07. The van der Waals surface area contributed by atoms with Crippen LogP contribution >= 0.6 is 28.3 Å². The number of carbonyl (C=O) groups is 1. The van der Waals surface area contributed by atoms with Crippen LogP contribution in [0.1, 0.15) is 33.8 Å². The first-order chi connectivity index (χ1) is 11.5. The van der Waals surface area contributed by atoms with E-state index in [1.807, 2.05) is 37.3 Å². The lowest BCUT2D eigenvalue weighted by atomic mass is 9.86. The van der Waals surface area contributed by atoms with E-state index in [4.69, 9.17) is 0 Å². The number of halogens is 3. The Hall–Kier alpha value is -1.43. The zero-order valence-electron chi connectivity index (χ0n) is 13.9. The molecule has 2 aromatic carbocycles. The molecule has 0 aliphatic carbocycles. The van der Waals surface area contributed by atoms with Crippen LogP contribution in [-0.2, 0) is 0 Å². The molecule has 2 unspecified atom stereocenters. The molecule has 1 aliphatic rings. The number of rotatable bonds is 3. The van der Waals surface area contributed by atoms with Crippen molar-refractivity contribution in [1.82, 2.24) is 10.6 Å². The van der Waals surface area contributed by atoms with Crippen molar-refractivity contribution in [3.8, 4) is 0 Å². The largest absolute Gasteiger partial charge is 0.347 e. The van der Waals surface area contributed by atoms with Crippen LogP contribution in [-0.4, -0.2) is 25.0 Å². The van der Waals surface area contributed by atoms with Gasteiger partial charge < -0.3 is 10.6 Å². The number of carbonyl (C=O) groups excluding carboxylic acids is 1. The fourth-order valence-corrected chi connectivity index (χ4v) is 3.84. The monoisotopic (exact) mass is 426 g/mol. The van der Waals surface area contributed by atoms with Crippen LogP contribution in [0.2, 0.25) is 0 Å². The van der Waals surface area contributed by atoms with Gasteiger partial charge in [-0.25, -0.2) is 4.39 Å². The van der Waals surface area contributed by atoms with Gasteiger partial charge in [-0.1, -0.05) is 18.2 Å². The summed E-state index contributed by atoms with van der Waals surface area (Å²) in [5.74, 6) is -0.153. The van der Waals surface area contributed by atoms with E-state index in [0.29, 0.717) is 12.1 Å². The minimum Gasteiger partial charge on any atom is -0.347 e. The van der Waals surface area contributed by atoms with E-state index >= 15 is 0 Å². The quantitative estimate of drug-likeness (QED) is 0.771. The molecular weight excluding hydrogens is 407 g/mol. The molecule has 2 N–H and O–H groups in total. The third-order valence-electron chi connectivity index (χ3n) is 4.47. The summed E-state index contributed by atoms with van der Waals surface area (Å²) in [6, 6.07) is 12.3. The number of piperidine rings is 1. The molecule has 2 aromatic rings. The summed E-state index contributed by atoms with van der Waals surface area (Å²) in [5.41, 5.74) is 2.79. The molecular formula is C19H21BrClFN2O. The van der Waals surface area contributed by atoms with Gasteiger partial charge in [0.15, 0.2) is 0 Å². The van der Waals surface area contributed by atoms with Crippen LogP contribution in [0.4, 0.5) is 4.39 Å². The van der Waals surface area contributed by atoms with Gasteiger partial charge in [-0.3, -0.25) is 4.79 Å². The van der Waals surface area contributed by atoms with Crippen LogP contribution in [0.25, 0.3) is 0 Å². The second kappa shape index (κ2) is 8.79. The number of hydrogen-bond donors (Lipinski definition) is 2. The van der Waals surface area contributed by atoms with Gasteiger partial charge in [-0.15, -0.1) is 12.4 Å². The average Bonchev–Trinajstić information content (AvgIpc) is 2.56. The smallest absolute Gasteiger partial charge is 0.252 e. The molecule has 1 saturated heterocycles. The van der Waals surface area contributed by atoms with Crippen molar-refractivity contribution in [3.63, 3.8) is 0 Å². The maximum absolute atomic E-state index is 13.2. The van der Waals surface area contributed by atoms with Gasteiger partial charge in [0.05, 0.1) is 5.56 Å². The Morgan fingerprint density at radius 3 is 2.64 bits per heavy atom. The lowest BCUT2D eigenvalue weighted by Crippen LogP contribution is -2.50. The van der Waals surface area contributed by atoms with E-state index in [0.717, 1.165) is 28.6 Å². The molecule has 6 heteroatoms. The Balaban J connectivity index is 0.00000225. The highest BCUT2D eigenvalue weighted by Crippen LogP contribution is 2.27. The average molecular weight is 428 g/mol. The fourth-order valence-electron chi connectivity index (χ4n) is 3.17. The van der Waals surface area contributed by atoms with E-state index in [2.05, 4.69) is 26.6 Å². The Bertz CT molecular complexity index is 739. The summed E-state index contributed by atoms with van der Waals surface area (Å²) < 4.78 is 14.0. The van der Waals surface area contributed by atoms with Crippen molar-refractivity contribution in [1.29, 1.82) is 0 Å². The van der Waals surface area contributed by atoms with Crippen LogP contribution in [0.5, 0.6) is 0 Å². The van der Waals surface area contributed by atoms with E-state index in [-0.39, 0.29) is 36.1 Å². The summed E-state index contributed by atoms with van der Waals surface area (Å²) in [6.07, 6.45) is 0.908. The molecule has 0 aromatic heterocycles. The first kappa shape index (κ1) is 19.9. The topological polar surface area (TPSA) is 41.1 Å². The highest BCUT2D eigenvalue weighted by molar-refractivity contribution is 9.10. The van der Waals surface area contributed by atoms with Crippen LogP contribution in [0.3, 0.4) is 0 Å². The third kappa shape index (κ3) is 4.81. The molecule has 25 heavy (non-hydrogen) atoms. The maximum Gasteiger partial charge on any atom is 0.252 e. The van der Waals surface area contributed by atoms with E-state index < -0.39 is 0 Å². The van der Waals surface area contributed by atoms with Gasteiger partial charge in [0.25, 0.3) is 5.91 Å². The molecule has 1 amide bonds. The van der Waals surface area contributed by atoms with E-state index in [1.54, 1.807) is 0 Å². The summed E-state index contributed by atoms with van der Waals surface area (Å²) in [6.45, 7) is 3.59. The molecule has 3 nitrogen and oxygen atoms in total. The van der Waals surface area contributed by atoms with Crippen molar-refractivity contribution >= 4 is 34.2 Å². The number of aryl methyl sites for hydroxylation is 1. The Morgan fingerprint density at radius 1 is 1.24 bits per heavy atom. The Morgan fingerprint density at radius 2 is 1.96 bits per heavy atom. The molecule has 0 radical (unpaired) electrons. The zero-order valence-corrected chi connectivity index (χ0v) is 16.3. The minimum absolute atomic E-state index is 0. The van der Waals surface area contributed by atoms with Crippen molar-refractivity contribution in [2.24, 2.45) is 0 Å². The number of hydrogen-bond acceptors (Lipinski definition) is 2. The highest BCUT2D eigenvalue weighted by Gasteiger charge is 2.28. The molecule has 134 valence electrons. The van der Waals surface area contributed by atoms with Crippen molar-refractivity contribution in [2.45, 2.75) is 25.3 Å². The molecule has 3 rings (SSSR count). The number of nitrogens with one attached hydrogen (secondary N) is 2. The first-order valence-electron chi connectivity index (χ1n) is 8.08. The van der Waals surface area contributed by atoms with Crippen molar-refractivity contribution in [2.75, 3.05) is 13.1 Å². The lowest BCUT2D eigenvalue weighted by molar-refractivity contribution is 0.0923. The summed E-state index contributed by atoms with van der Waals surface area (Å²) in [4.78, 5) is 12.6. The standard InChI is InChI=1S/C19H20BrFN2O.ClH/c1-12-2-7-16(17(20)10-12)19(24)23-18-11-22-9-8-15(18)13-3-5-14(21)6-4-13;/h2-7,10,15,18,22H,8-9,11H2,1H3,(H,23,24);1H. The molecule has 1 fully saturated rings. The molecule has 2 atom stereocenters. The van der Waals surface area contributed by atoms with Crippen LogP contribution in [0.15, 0.2) is 46.9 Å². The van der Waals surface area contributed by atoms with Crippen LogP contribution in [0, 0.1) is 12.7 Å². The third-order valence-corrected chi connectivity index (χ3v) is 5.12. The normalized spacial score (nSPS) is 19.8. The molecule has 1 aliphatic heterocycles. The van der Waals surface area contributed by atoms with Gasteiger partial charge in [-0.2, -0.15) is 0 Å². The van der Waals surface area contributed by atoms with Gasteiger partial charge in [0, 0.05) is 23.0 Å².